The molecule has 0 radical (unpaired) electrons. The van der Waals surface area contributed by atoms with Crippen molar-refractivity contribution in [1.82, 2.24) is 10.6 Å². The van der Waals surface area contributed by atoms with E-state index in [4.69, 9.17) is 25.4 Å². The van der Waals surface area contributed by atoms with Crippen LogP contribution in [0.2, 0.25) is 0 Å². The summed E-state index contributed by atoms with van der Waals surface area (Å²) < 4.78 is 94.7. The molecule has 370 valence electrons. The number of aliphatic imine (C=N–C) groups is 1. The highest BCUT2D eigenvalue weighted by Gasteiger charge is 2.60. The molecule has 3 aliphatic rings. The van der Waals surface area contributed by atoms with Gasteiger partial charge in [0.25, 0.3) is 5.91 Å². The van der Waals surface area contributed by atoms with Crippen LogP contribution in [0.3, 0.4) is 0 Å². The number of benzene rings is 4. The topological polar surface area (TPSA) is 127 Å². The maximum atomic E-state index is 15.0. The minimum Gasteiger partial charge on any atom is -0.359 e. The number of amides is 3. The molecule has 3 fully saturated rings. The van der Waals surface area contributed by atoms with Crippen LogP contribution in [0.5, 0.6) is 0 Å². The van der Waals surface area contributed by atoms with Gasteiger partial charge in [-0.15, -0.1) is 0 Å². The second-order valence-corrected chi connectivity index (χ2v) is 17.7. The quantitative estimate of drug-likeness (QED) is 0.0591. The predicted molar refractivity (Wildman–Crippen MR) is 261 cm³/mol. The lowest BCUT2D eigenvalue weighted by molar-refractivity contribution is -0.139. The van der Waals surface area contributed by atoms with Crippen LogP contribution in [-0.4, -0.2) is 47.6 Å². The Bertz CT molecular complexity index is 2890. The van der Waals surface area contributed by atoms with E-state index < -0.39 is 46.1 Å². The minimum atomic E-state index is -4.95. The molecule has 20 heteroatoms. The fourth-order valence-corrected chi connectivity index (χ4v) is 8.99. The van der Waals surface area contributed by atoms with E-state index in [-0.39, 0.29) is 45.4 Å². The van der Waals surface area contributed by atoms with Crippen molar-refractivity contribution in [2.24, 2.45) is 10.4 Å². The normalized spacial score (nSPS) is 15.0. The first kappa shape index (κ1) is 54.9. The number of carbonyl (C=O) groups excluding carboxylic acids is 3. The van der Waals surface area contributed by atoms with Crippen molar-refractivity contribution in [1.29, 1.82) is 5.26 Å². The van der Waals surface area contributed by atoms with Crippen molar-refractivity contribution in [2.75, 3.05) is 23.9 Å². The number of isothiocyanates is 1. The summed E-state index contributed by atoms with van der Waals surface area (Å²) in [5.74, 6) is -3.45. The predicted octanol–water partition coefficient (Wildman–Crippen LogP) is 12.2. The zero-order valence-electron chi connectivity index (χ0n) is 38.8. The van der Waals surface area contributed by atoms with Gasteiger partial charge in [-0.1, -0.05) is 30.7 Å². The van der Waals surface area contributed by atoms with Gasteiger partial charge >= 0.3 is 6.18 Å². The Labute approximate surface area is 417 Å². The summed E-state index contributed by atoms with van der Waals surface area (Å²) in [5.41, 5.74) is -1.12. The lowest BCUT2D eigenvalue weighted by Gasteiger charge is -2.43. The number of rotatable bonds is 13. The first-order valence-corrected chi connectivity index (χ1v) is 23.1. The van der Waals surface area contributed by atoms with E-state index in [1.165, 1.54) is 17.0 Å². The molecule has 0 aromatic heterocycles. The molecule has 4 aromatic carbocycles. The van der Waals surface area contributed by atoms with E-state index in [0.29, 0.717) is 80.2 Å². The first-order valence-electron chi connectivity index (χ1n) is 22.3. The van der Waals surface area contributed by atoms with Gasteiger partial charge in [0.15, 0.2) is 16.6 Å². The zero-order chi connectivity index (χ0) is 52.3. The Balaban J connectivity index is 0.000000216. The molecule has 0 unspecified atom stereocenters. The number of halogens is 7. The lowest BCUT2D eigenvalue weighted by atomic mass is 9.66. The van der Waals surface area contributed by atoms with E-state index in [9.17, 15) is 50.4 Å². The Kier molecular flexibility index (Phi) is 18.3. The molecule has 0 bridgehead atoms. The molecule has 1 saturated heterocycles. The maximum absolute atomic E-state index is 15.0. The number of nitriles is 1. The van der Waals surface area contributed by atoms with Crippen LogP contribution in [0.4, 0.5) is 59.2 Å². The molecule has 0 atom stereocenters. The van der Waals surface area contributed by atoms with Crippen LogP contribution in [0.1, 0.15) is 92.0 Å². The lowest BCUT2D eigenvalue weighted by Crippen LogP contribution is -2.55. The summed E-state index contributed by atoms with van der Waals surface area (Å²) in [6, 6.07) is 16.7. The van der Waals surface area contributed by atoms with Gasteiger partial charge in [-0.05, 0) is 154 Å². The molecule has 2 saturated carbocycles. The third kappa shape index (κ3) is 12.5. The number of nitrogens with zero attached hydrogens (tertiary/aromatic N) is 6. The summed E-state index contributed by atoms with van der Waals surface area (Å²) >= 11 is 9.81. The van der Waals surface area contributed by atoms with E-state index >= 15 is 0 Å². The van der Waals surface area contributed by atoms with Gasteiger partial charge in [0.1, 0.15) is 28.7 Å². The van der Waals surface area contributed by atoms with Gasteiger partial charge in [0, 0.05) is 32.6 Å². The third-order valence-corrected chi connectivity index (χ3v) is 13.1. The summed E-state index contributed by atoms with van der Waals surface area (Å²) in [6.07, 6.45) is 3.29. The number of anilines is 2. The number of aryl methyl sites for hydroxylation is 3. The molecule has 4 aromatic rings. The van der Waals surface area contributed by atoms with Crippen molar-refractivity contribution >= 4 is 80.9 Å². The van der Waals surface area contributed by atoms with Crippen molar-refractivity contribution in [2.45, 2.75) is 102 Å². The van der Waals surface area contributed by atoms with Crippen molar-refractivity contribution in [3.63, 3.8) is 0 Å². The minimum absolute atomic E-state index is 0.0000298. The zero-order valence-corrected chi connectivity index (χ0v) is 40.5. The van der Waals surface area contributed by atoms with E-state index in [0.717, 1.165) is 49.4 Å². The molecule has 2 aliphatic carbocycles. The number of thiocarbonyl (C=S) groups is 2. The number of alkyl halides is 3. The molecule has 1 heterocycles. The van der Waals surface area contributed by atoms with Gasteiger partial charge in [-0.3, -0.25) is 19.3 Å². The molecule has 7 rings (SSSR count). The summed E-state index contributed by atoms with van der Waals surface area (Å²) in [5, 5.41) is 16.2. The van der Waals surface area contributed by atoms with Crippen LogP contribution in [0.15, 0.2) is 65.7 Å². The largest absolute Gasteiger partial charge is 0.410 e. The van der Waals surface area contributed by atoms with Gasteiger partial charge in [0.05, 0.1) is 41.0 Å². The SMILES string of the molecule is CNC(=O)CCCc1ccc(CC2(C#N)CCC2)cc1F.[C-]#[N+]c1cc(F)c(N2C(=O)C3(CCC3)N(c3ccc(CCCC(=O)NC)c(F)c3)C2=S)cc1C.[C-]#[N+]c1ccc(N=C=S)c(F)c1C(F)(F)F. The second-order valence-electron chi connectivity index (χ2n) is 17.1. The molecule has 2 N–H and O–H groups in total. The van der Waals surface area contributed by atoms with Crippen LogP contribution >= 0.6 is 24.4 Å². The Morgan fingerprint density at radius 2 is 1.41 bits per heavy atom. The average molecular weight is 1020 g/mol. The Morgan fingerprint density at radius 1 is 0.831 bits per heavy atom. The molecule has 71 heavy (non-hydrogen) atoms. The van der Waals surface area contributed by atoms with Crippen LogP contribution in [-0.2, 0) is 39.8 Å². The van der Waals surface area contributed by atoms with Crippen LogP contribution < -0.4 is 20.4 Å². The number of nitrogens with one attached hydrogen (secondary N) is 2. The molecular weight excluding hydrogens is 970 g/mol. The molecule has 11 nitrogen and oxygen atoms in total. The van der Waals surface area contributed by atoms with Gasteiger partial charge in [0.2, 0.25) is 17.5 Å². The fourth-order valence-electron chi connectivity index (χ4n) is 8.43. The molecule has 1 spiro atoms. The number of hydrogen-bond acceptors (Lipinski definition) is 7. The molecule has 1 aliphatic heterocycles. The number of hydrogen-bond donors (Lipinski definition) is 2. The Morgan fingerprint density at radius 3 is 1.87 bits per heavy atom. The van der Waals surface area contributed by atoms with E-state index in [1.807, 2.05) is 6.07 Å². The van der Waals surface area contributed by atoms with Gasteiger partial charge in [-0.25, -0.2) is 27.3 Å². The highest BCUT2D eigenvalue weighted by Crippen LogP contribution is 2.49. The highest BCUT2D eigenvalue weighted by molar-refractivity contribution is 7.81. The third-order valence-electron chi connectivity index (χ3n) is 12.6. The van der Waals surface area contributed by atoms with E-state index in [1.54, 1.807) is 55.3 Å². The average Bonchev–Trinajstić information content (AvgIpc) is 3.55. The standard InChI is InChI=1S/C25H24F2N4O2S.C17H21FN2O.C9H2F4N2S/c1-15-12-21(19(27)14-20(15)28-2)30-23(33)25(10-5-11-25)31(24(30)34)17-9-8-16(18(26)13-17)6-4-7-22(32)29-3;1-20-16(21)5-2-4-14-7-6-13(10-15(14)18)11-17(12-19)8-3-9-17;1-14-5-2-3-6(15-4-16)8(10)7(5)9(11,12)13/h8-9,12-14H,4-7,10-11H2,1,3H3,(H,29,32);6-7,10H,2-5,8-9,11H2,1H3,(H,20,21);2-3H. The number of carbonyl (C=O) groups is 3. The van der Waals surface area contributed by atoms with E-state index in [2.05, 4.69) is 43.6 Å². The van der Waals surface area contributed by atoms with Crippen molar-refractivity contribution in [3.05, 3.63) is 135 Å². The van der Waals surface area contributed by atoms with Crippen LogP contribution in [0, 0.1) is 60.1 Å². The summed E-state index contributed by atoms with van der Waals surface area (Å²) in [7, 11) is 3.16. The van der Waals surface area contributed by atoms with Gasteiger partial charge < -0.3 is 15.5 Å². The smallest absolute Gasteiger partial charge is 0.359 e. The molecular formula is C51H47F7N8O3S2. The second kappa shape index (κ2) is 23.7. The van der Waals surface area contributed by atoms with Crippen LogP contribution in [0.25, 0.3) is 9.69 Å². The highest BCUT2D eigenvalue weighted by atomic mass is 32.1. The summed E-state index contributed by atoms with van der Waals surface area (Å²) in [4.78, 5) is 48.0. The van der Waals surface area contributed by atoms with Crippen molar-refractivity contribution < 1.29 is 45.1 Å². The fraction of sp³-hybridized carbons (Fsp3) is 0.373. The maximum Gasteiger partial charge on any atom is 0.410 e. The van der Waals surface area contributed by atoms with Gasteiger partial charge in [-0.2, -0.15) is 23.4 Å². The molecule has 3 amide bonds. The Hall–Kier alpha value is -7.04. The first-order chi connectivity index (χ1) is 33.7. The summed E-state index contributed by atoms with van der Waals surface area (Å²) in [6.45, 7) is 15.4. The van der Waals surface area contributed by atoms with Crippen molar-refractivity contribution in [3.8, 4) is 6.07 Å². The monoisotopic (exact) mass is 1020 g/mol.